The Morgan fingerprint density at radius 2 is 2.09 bits per heavy atom. The van der Waals surface area contributed by atoms with Gasteiger partial charge in [0.05, 0.1) is 24.3 Å². The molecule has 4 rings (SSSR count). The van der Waals surface area contributed by atoms with Crippen LogP contribution in [0.15, 0.2) is 47.2 Å². The number of rotatable bonds is 3. The highest BCUT2D eigenvalue weighted by molar-refractivity contribution is 7.08. The zero-order chi connectivity index (χ0) is 15.6. The molecule has 1 aromatic carbocycles. The zero-order valence-corrected chi connectivity index (χ0v) is 13.7. The van der Waals surface area contributed by atoms with E-state index in [0.717, 1.165) is 31.8 Å². The second-order valence-electron chi connectivity index (χ2n) is 6.15. The summed E-state index contributed by atoms with van der Waals surface area (Å²) in [5.74, 6) is 0.129. The van der Waals surface area contributed by atoms with Gasteiger partial charge in [-0.05, 0) is 17.0 Å². The van der Waals surface area contributed by atoms with E-state index in [1.165, 1.54) is 5.56 Å². The van der Waals surface area contributed by atoms with Gasteiger partial charge in [-0.2, -0.15) is 11.3 Å². The number of likely N-dealkylation sites (tertiary alicyclic amines) is 1. The number of carbonyl (C=O) groups is 1. The Bertz CT molecular complexity index is 659. The number of benzene rings is 1. The smallest absolute Gasteiger partial charge is 0.254 e. The third kappa shape index (κ3) is 3.04. The zero-order valence-electron chi connectivity index (χ0n) is 12.9. The molecular formula is C18H20N2O2S. The van der Waals surface area contributed by atoms with Gasteiger partial charge in [0.25, 0.3) is 5.91 Å². The van der Waals surface area contributed by atoms with Gasteiger partial charge < -0.3 is 9.64 Å². The number of hydrogen-bond acceptors (Lipinski definition) is 4. The van der Waals surface area contributed by atoms with Gasteiger partial charge in [0.15, 0.2) is 0 Å². The van der Waals surface area contributed by atoms with Crippen molar-refractivity contribution in [3.05, 3.63) is 58.3 Å². The van der Waals surface area contributed by atoms with E-state index in [9.17, 15) is 4.79 Å². The van der Waals surface area contributed by atoms with E-state index in [0.29, 0.717) is 12.6 Å². The van der Waals surface area contributed by atoms with Crippen LogP contribution >= 0.6 is 11.3 Å². The van der Waals surface area contributed by atoms with Crippen LogP contribution in [0, 0.1) is 0 Å². The summed E-state index contributed by atoms with van der Waals surface area (Å²) in [6, 6.07) is 12.7. The van der Waals surface area contributed by atoms with Gasteiger partial charge in [0.1, 0.15) is 0 Å². The van der Waals surface area contributed by atoms with Crippen LogP contribution in [0.1, 0.15) is 15.9 Å². The molecule has 23 heavy (non-hydrogen) atoms. The minimum absolute atomic E-state index is 0.129. The lowest BCUT2D eigenvalue weighted by Crippen LogP contribution is -2.50. The van der Waals surface area contributed by atoms with Crippen molar-refractivity contribution in [2.24, 2.45) is 0 Å². The topological polar surface area (TPSA) is 32.8 Å². The van der Waals surface area contributed by atoms with Crippen LogP contribution in [-0.2, 0) is 11.3 Å². The molecule has 2 aromatic rings. The number of thiophene rings is 1. The molecule has 0 saturated carbocycles. The van der Waals surface area contributed by atoms with Crippen molar-refractivity contribution in [3.8, 4) is 0 Å². The van der Waals surface area contributed by atoms with Crippen LogP contribution in [0.3, 0.4) is 0 Å². The van der Waals surface area contributed by atoms with Crippen molar-refractivity contribution in [3.63, 3.8) is 0 Å². The molecule has 0 N–H and O–H groups in total. The SMILES string of the molecule is O=C(c1ccsc1)N1C[C@@H]2OCCN(Cc3ccccc3)[C@H]2C1. The fraction of sp³-hybridized carbons (Fsp3) is 0.389. The van der Waals surface area contributed by atoms with E-state index in [1.807, 2.05) is 27.8 Å². The Kier molecular flexibility index (Phi) is 4.16. The van der Waals surface area contributed by atoms with Gasteiger partial charge in [-0.1, -0.05) is 30.3 Å². The van der Waals surface area contributed by atoms with Crippen LogP contribution in [0.25, 0.3) is 0 Å². The first-order chi connectivity index (χ1) is 11.3. The van der Waals surface area contributed by atoms with Crippen molar-refractivity contribution < 1.29 is 9.53 Å². The number of amides is 1. The summed E-state index contributed by atoms with van der Waals surface area (Å²) >= 11 is 1.57. The number of carbonyl (C=O) groups excluding carboxylic acids is 1. The average Bonchev–Trinajstić information content (AvgIpc) is 3.25. The number of fused-ring (bicyclic) bond motifs is 1. The number of nitrogens with zero attached hydrogens (tertiary/aromatic N) is 2. The summed E-state index contributed by atoms with van der Waals surface area (Å²) in [4.78, 5) is 17.0. The number of ether oxygens (including phenoxy) is 1. The Morgan fingerprint density at radius 1 is 1.22 bits per heavy atom. The van der Waals surface area contributed by atoms with E-state index >= 15 is 0 Å². The first kappa shape index (κ1) is 14.9. The summed E-state index contributed by atoms with van der Waals surface area (Å²) in [6.45, 7) is 4.05. The van der Waals surface area contributed by atoms with Crippen molar-refractivity contribution >= 4 is 17.2 Å². The molecule has 120 valence electrons. The molecule has 2 atom stereocenters. The van der Waals surface area contributed by atoms with Gasteiger partial charge in [0, 0.05) is 31.6 Å². The Balaban J connectivity index is 1.47. The first-order valence-electron chi connectivity index (χ1n) is 8.02. The minimum atomic E-state index is 0.129. The molecule has 0 radical (unpaired) electrons. The molecule has 0 aliphatic carbocycles. The highest BCUT2D eigenvalue weighted by Crippen LogP contribution is 2.26. The number of morpholine rings is 1. The Labute approximate surface area is 140 Å². The monoisotopic (exact) mass is 328 g/mol. The van der Waals surface area contributed by atoms with E-state index < -0.39 is 0 Å². The van der Waals surface area contributed by atoms with Crippen LogP contribution in [0.4, 0.5) is 0 Å². The van der Waals surface area contributed by atoms with Crippen molar-refractivity contribution in [1.82, 2.24) is 9.80 Å². The molecule has 3 heterocycles. The Morgan fingerprint density at radius 3 is 2.87 bits per heavy atom. The van der Waals surface area contributed by atoms with Crippen molar-refractivity contribution in [1.29, 1.82) is 0 Å². The van der Waals surface area contributed by atoms with E-state index in [4.69, 9.17) is 4.74 Å². The van der Waals surface area contributed by atoms with Gasteiger partial charge in [-0.15, -0.1) is 0 Å². The summed E-state index contributed by atoms with van der Waals surface area (Å²) in [6.07, 6.45) is 0.134. The third-order valence-electron chi connectivity index (χ3n) is 4.70. The quantitative estimate of drug-likeness (QED) is 0.868. The summed E-state index contributed by atoms with van der Waals surface area (Å²) < 4.78 is 5.93. The maximum atomic E-state index is 12.6. The van der Waals surface area contributed by atoms with Crippen LogP contribution < -0.4 is 0 Å². The predicted molar refractivity (Wildman–Crippen MR) is 90.6 cm³/mol. The molecule has 2 aliphatic rings. The molecular weight excluding hydrogens is 308 g/mol. The lowest BCUT2D eigenvalue weighted by Gasteiger charge is -2.36. The van der Waals surface area contributed by atoms with Crippen LogP contribution in [0.2, 0.25) is 0 Å². The molecule has 5 heteroatoms. The second kappa shape index (κ2) is 6.43. The average molecular weight is 328 g/mol. The maximum absolute atomic E-state index is 12.6. The Hall–Kier alpha value is -1.69. The molecule has 1 aromatic heterocycles. The first-order valence-corrected chi connectivity index (χ1v) is 8.96. The summed E-state index contributed by atoms with van der Waals surface area (Å²) in [5.41, 5.74) is 2.11. The second-order valence-corrected chi connectivity index (χ2v) is 6.93. The molecule has 2 saturated heterocycles. The highest BCUT2D eigenvalue weighted by Gasteiger charge is 2.41. The number of hydrogen-bond donors (Lipinski definition) is 0. The third-order valence-corrected chi connectivity index (χ3v) is 5.38. The van der Waals surface area contributed by atoms with Gasteiger partial charge >= 0.3 is 0 Å². The van der Waals surface area contributed by atoms with E-state index in [2.05, 4.69) is 29.2 Å². The van der Waals surface area contributed by atoms with Gasteiger partial charge in [-0.25, -0.2) is 0 Å². The van der Waals surface area contributed by atoms with Crippen LogP contribution in [0.5, 0.6) is 0 Å². The molecule has 4 nitrogen and oxygen atoms in total. The maximum Gasteiger partial charge on any atom is 0.254 e. The lowest BCUT2D eigenvalue weighted by atomic mass is 10.1. The normalized spacial score (nSPS) is 24.6. The molecule has 1 amide bonds. The fourth-order valence-corrected chi connectivity index (χ4v) is 4.14. The lowest BCUT2D eigenvalue weighted by molar-refractivity contribution is -0.0503. The fourth-order valence-electron chi connectivity index (χ4n) is 3.51. The van der Waals surface area contributed by atoms with Crippen molar-refractivity contribution in [2.75, 3.05) is 26.2 Å². The van der Waals surface area contributed by atoms with Gasteiger partial charge in [0.2, 0.25) is 0 Å². The molecule has 2 fully saturated rings. The standard InChI is InChI=1S/C18H20N2O2S/c21-18(15-6-9-23-13-15)20-11-16-17(12-20)22-8-7-19(16)10-14-4-2-1-3-5-14/h1-6,9,13,16-17H,7-8,10-12H2/t16-,17-/m0/s1. The summed E-state index contributed by atoms with van der Waals surface area (Å²) in [5, 5.41) is 3.88. The van der Waals surface area contributed by atoms with Crippen molar-refractivity contribution in [2.45, 2.75) is 18.7 Å². The molecule has 0 spiro atoms. The van der Waals surface area contributed by atoms with Crippen LogP contribution in [-0.4, -0.2) is 54.1 Å². The molecule has 0 unspecified atom stereocenters. The predicted octanol–water partition coefficient (Wildman–Crippen LogP) is 2.47. The van der Waals surface area contributed by atoms with E-state index in [-0.39, 0.29) is 12.0 Å². The minimum Gasteiger partial charge on any atom is -0.373 e. The molecule has 0 bridgehead atoms. The highest BCUT2D eigenvalue weighted by atomic mass is 32.1. The van der Waals surface area contributed by atoms with E-state index in [1.54, 1.807) is 11.3 Å². The largest absolute Gasteiger partial charge is 0.373 e. The summed E-state index contributed by atoms with van der Waals surface area (Å²) in [7, 11) is 0. The molecule has 2 aliphatic heterocycles. The van der Waals surface area contributed by atoms with Gasteiger partial charge in [-0.3, -0.25) is 9.69 Å².